The Bertz CT molecular complexity index is 1230. The number of anilines is 2. The average Bonchev–Trinajstić information content (AvgIpc) is 3.37. The van der Waals surface area contributed by atoms with Crippen LogP contribution in [0, 0.1) is 15.9 Å². The van der Waals surface area contributed by atoms with Gasteiger partial charge in [-0.05, 0) is 29.8 Å². The molecule has 0 radical (unpaired) electrons. The van der Waals surface area contributed by atoms with Crippen LogP contribution in [-0.4, -0.2) is 51.9 Å². The van der Waals surface area contributed by atoms with Crippen LogP contribution < -0.4 is 10.2 Å². The van der Waals surface area contributed by atoms with Crippen LogP contribution in [-0.2, 0) is 12.7 Å². The van der Waals surface area contributed by atoms with E-state index in [2.05, 4.69) is 15.3 Å². The van der Waals surface area contributed by atoms with Crippen LogP contribution in [0.2, 0.25) is 0 Å². The molecule has 3 aromatic rings. The molecule has 0 spiro atoms. The summed E-state index contributed by atoms with van der Waals surface area (Å²) in [6.07, 6.45) is -2.37. The highest BCUT2D eigenvalue weighted by Crippen LogP contribution is 2.35. The van der Waals surface area contributed by atoms with Crippen LogP contribution in [0.3, 0.4) is 0 Å². The second kappa shape index (κ2) is 9.56. The van der Waals surface area contributed by atoms with Gasteiger partial charge < -0.3 is 19.5 Å². The van der Waals surface area contributed by atoms with E-state index in [0.29, 0.717) is 6.07 Å². The van der Waals surface area contributed by atoms with E-state index >= 15 is 0 Å². The molecule has 2 aromatic heterocycles. The Labute approximate surface area is 195 Å². The number of nitrogens with zero attached hydrogens (tertiary/aromatic N) is 5. The van der Waals surface area contributed by atoms with Crippen LogP contribution in [0.4, 0.5) is 34.9 Å². The Morgan fingerprint density at radius 2 is 1.91 bits per heavy atom. The Balaban J connectivity index is 1.53. The molecule has 14 heteroatoms. The lowest BCUT2D eigenvalue weighted by Crippen LogP contribution is -2.49. The third-order valence-corrected chi connectivity index (χ3v) is 5.41. The maximum Gasteiger partial charge on any atom is 0.416 e. The maximum atomic E-state index is 13.4. The number of piperazine rings is 1. The monoisotopic (exact) mass is 494 g/mol. The van der Waals surface area contributed by atoms with Gasteiger partial charge >= 0.3 is 11.9 Å². The molecule has 1 aliphatic heterocycles. The summed E-state index contributed by atoms with van der Waals surface area (Å²) < 4.78 is 58.3. The summed E-state index contributed by atoms with van der Waals surface area (Å²) in [4.78, 5) is 34.5. The molecule has 1 aromatic carbocycles. The van der Waals surface area contributed by atoms with Crippen molar-refractivity contribution in [3.8, 4) is 0 Å². The lowest BCUT2D eigenvalue weighted by atomic mass is 10.1. The zero-order valence-electron chi connectivity index (χ0n) is 18.0. The van der Waals surface area contributed by atoms with E-state index in [1.54, 1.807) is 11.0 Å². The van der Waals surface area contributed by atoms with Crippen LogP contribution in [0.15, 0.2) is 47.3 Å². The summed E-state index contributed by atoms with van der Waals surface area (Å²) in [5, 5.41) is 14.4. The van der Waals surface area contributed by atoms with Crippen molar-refractivity contribution in [2.24, 2.45) is 0 Å². The molecule has 1 saturated heterocycles. The highest BCUT2D eigenvalue weighted by atomic mass is 19.4. The molecule has 1 aliphatic rings. The van der Waals surface area contributed by atoms with Gasteiger partial charge in [0.2, 0.25) is 11.6 Å². The van der Waals surface area contributed by atoms with Gasteiger partial charge in [0.05, 0.1) is 16.7 Å². The van der Waals surface area contributed by atoms with Gasteiger partial charge in [-0.15, -0.1) is 0 Å². The first-order chi connectivity index (χ1) is 16.6. The number of nitrogens with one attached hydrogen (secondary N) is 1. The summed E-state index contributed by atoms with van der Waals surface area (Å²) in [5.41, 5.74) is -2.02. The van der Waals surface area contributed by atoms with Crippen molar-refractivity contribution in [2.45, 2.75) is 12.7 Å². The molecule has 184 valence electrons. The Morgan fingerprint density at radius 1 is 1.17 bits per heavy atom. The smallest absolute Gasteiger partial charge is 0.416 e. The van der Waals surface area contributed by atoms with Gasteiger partial charge in [-0.3, -0.25) is 14.9 Å². The molecule has 0 aliphatic carbocycles. The molecule has 0 atom stereocenters. The van der Waals surface area contributed by atoms with Crippen molar-refractivity contribution in [1.82, 2.24) is 14.9 Å². The third-order valence-electron chi connectivity index (χ3n) is 5.41. The number of carbonyl (C=O) groups excluding carboxylic acids is 1. The zero-order valence-corrected chi connectivity index (χ0v) is 18.0. The summed E-state index contributed by atoms with van der Waals surface area (Å²) in [7, 11) is 0. The second-order valence-corrected chi connectivity index (χ2v) is 7.56. The van der Waals surface area contributed by atoms with Crippen molar-refractivity contribution in [3.05, 3.63) is 75.7 Å². The van der Waals surface area contributed by atoms with E-state index in [9.17, 15) is 32.5 Å². The molecule has 1 amide bonds. The van der Waals surface area contributed by atoms with Crippen molar-refractivity contribution in [3.63, 3.8) is 0 Å². The van der Waals surface area contributed by atoms with Crippen LogP contribution >= 0.6 is 0 Å². The predicted molar refractivity (Wildman–Crippen MR) is 114 cm³/mol. The summed E-state index contributed by atoms with van der Waals surface area (Å²) in [5.74, 6) is -1.51. The predicted octanol–water partition coefficient (Wildman–Crippen LogP) is 3.71. The minimum Gasteiger partial charge on any atom is -0.459 e. The fraction of sp³-hybridized carbons (Fsp3) is 0.286. The first-order valence-electron chi connectivity index (χ1n) is 10.3. The SMILES string of the molecule is O=C(c1ccco1)N1CCN(c2ncnc(NCc3ccc(F)cc3C(F)(F)F)c2[N+](=O)[O-])CC1. The number of halogens is 4. The van der Waals surface area contributed by atoms with E-state index in [1.807, 2.05) is 0 Å². The molecular weight excluding hydrogens is 476 g/mol. The van der Waals surface area contributed by atoms with Gasteiger partial charge in [-0.2, -0.15) is 13.2 Å². The number of aromatic nitrogens is 2. The minimum atomic E-state index is -4.81. The Morgan fingerprint density at radius 3 is 2.54 bits per heavy atom. The van der Waals surface area contributed by atoms with Gasteiger partial charge in [-0.1, -0.05) is 6.07 Å². The van der Waals surface area contributed by atoms with E-state index in [-0.39, 0.29) is 55.0 Å². The van der Waals surface area contributed by atoms with E-state index in [4.69, 9.17) is 4.42 Å². The highest BCUT2D eigenvalue weighted by Gasteiger charge is 2.35. The number of hydrogen-bond acceptors (Lipinski definition) is 8. The summed E-state index contributed by atoms with van der Waals surface area (Å²) in [6, 6.07) is 5.31. The number of hydrogen-bond donors (Lipinski definition) is 1. The second-order valence-electron chi connectivity index (χ2n) is 7.56. The fourth-order valence-corrected chi connectivity index (χ4v) is 3.72. The molecule has 10 nitrogen and oxygen atoms in total. The number of amides is 1. The molecule has 1 N–H and O–H groups in total. The van der Waals surface area contributed by atoms with Crippen molar-refractivity contribution in [2.75, 3.05) is 36.4 Å². The van der Waals surface area contributed by atoms with Crippen LogP contribution in [0.25, 0.3) is 0 Å². The minimum absolute atomic E-state index is 0.0345. The summed E-state index contributed by atoms with van der Waals surface area (Å²) >= 11 is 0. The summed E-state index contributed by atoms with van der Waals surface area (Å²) in [6.45, 7) is 0.444. The molecule has 0 bridgehead atoms. The number of nitro groups is 1. The molecule has 3 heterocycles. The number of alkyl halides is 3. The first kappa shape index (κ1) is 23.9. The topological polar surface area (TPSA) is 118 Å². The van der Waals surface area contributed by atoms with Crippen molar-refractivity contribution < 1.29 is 31.7 Å². The molecule has 35 heavy (non-hydrogen) atoms. The van der Waals surface area contributed by atoms with E-state index in [1.165, 1.54) is 17.2 Å². The maximum absolute atomic E-state index is 13.4. The zero-order chi connectivity index (χ0) is 25.2. The van der Waals surface area contributed by atoms with Crippen LogP contribution in [0.1, 0.15) is 21.7 Å². The van der Waals surface area contributed by atoms with Gasteiger partial charge in [-0.25, -0.2) is 14.4 Å². The van der Waals surface area contributed by atoms with Gasteiger partial charge in [0.15, 0.2) is 5.76 Å². The normalized spacial score (nSPS) is 14.2. The number of furan rings is 1. The van der Waals surface area contributed by atoms with E-state index in [0.717, 1.165) is 18.5 Å². The molecular formula is C21H18F4N6O4. The van der Waals surface area contributed by atoms with Gasteiger partial charge in [0.1, 0.15) is 12.1 Å². The standard InChI is InChI=1S/C21H18F4N6O4/c22-14-4-3-13(15(10-14)21(23,24)25)11-26-18-17(31(33)34)19(28-12-27-18)29-5-7-30(8-6-29)20(32)16-2-1-9-35-16/h1-4,9-10,12H,5-8,11H2,(H,26,27,28). The Kier molecular flexibility index (Phi) is 6.53. The van der Waals surface area contributed by atoms with Crippen LogP contribution in [0.5, 0.6) is 0 Å². The highest BCUT2D eigenvalue weighted by molar-refractivity contribution is 5.91. The fourth-order valence-electron chi connectivity index (χ4n) is 3.72. The molecule has 0 saturated carbocycles. The third kappa shape index (κ3) is 5.15. The lowest BCUT2D eigenvalue weighted by Gasteiger charge is -2.34. The Hall–Kier alpha value is -4.23. The van der Waals surface area contributed by atoms with Gasteiger partial charge in [0.25, 0.3) is 5.91 Å². The quantitative estimate of drug-likeness (QED) is 0.313. The number of benzene rings is 1. The van der Waals surface area contributed by atoms with Crippen molar-refractivity contribution in [1.29, 1.82) is 0 Å². The number of carbonyl (C=O) groups is 1. The average molecular weight is 494 g/mol. The van der Waals surface area contributed by atoms with E-state index < -0.39 is 34.7 Å². The molecule has 4 rings (SSSR count). The van der Waals surface area contributed by atoms with Gasteiger partial charge in [0, 0.05) is 32.7 Å². The number of rotatable bonds is 6. The first-order valence-corrected chi connectivity index (χ1v) is 10.3. The van der Waals surface area contributed by atoms with Crippen molar-refractivity contribution >= 4 is 23.2 Å². The molecule has 1 fully saturated rings. The molecule has 0 unspecified atom stereocenters. The largest absolute Gasteiger partial charge is 0.459 e. The lowest BCUT2D eigenvalue weighted by molar-refractivity contribution is -0.383.